The summed E-state index contributed by atoms with van der Waals surface area (Å²) in [6.45, 7) is 0.0840. The molecule has 37 heavy (non-hydrogen) atoms. The summed E-state index contributed by atoms with van der Waals surface area (Å²) >= 11 is 6.39. The number of nitrogens with one attached hydrogen (secondary N) is 1. The van der Waals surface area contributed by atoms with Gasteiger partial charge in [0.2, 0.25) is 11.8 Å². The Morgan fingerprint density at radius 2 is 1.89 bits per heavy atom. The van der Waals surface area contributed by atoms with Crippen LogP contribution in [0.15, 0.2) is 72.8 Å². The number of nitrogens with two attached hydrogens (primary N) is 1. The van der Waals surface area contributed by atoms with Crippen molar-refractivity contribution in [3.8, 4) is 17.0 Å². The van der Waals surface area contributed by atoms with Crippen molar-refractivity contribution in [2.45, 2.75) is 19.4 Å². The van der Waals surface area contributed by atoms with Gasteiger partial charge in [-0.1, -0.05) is 54.1 Å². The van der Waals surface area contributed by atoms with E-state index in [0.717, 1.165) is 22.0 Å². The smallest absolute Gasteiger partial charge is 0.247 e. The lowest BCUT2D eigenvalue weighted by molar-refractivity contribution is -0.134. The first kappa shape index (κ1) is 24.7. The summed E-state index contributed by atoms with van der Waals surface area (Å²) in [5.74, 6) is -2.66. The second-order valence-electron chi connectivity index (χ2n) is 9.15. The van der Waals surface area contributed by atoms with Gasteiger partial charge in [-0.15, -0.1) is 0 Å². The molecule has 7 nitrogen and oxygen atoms in total. The van der Waals surface area contributed by atoms with Gasteiger partial charge in [-0.25, -0.2) is 14.9 Å². The van der Waals surface area contributed by atoms with E-state index in [1.165, 1.54) is 12.1 Å². The Morgan fingerprint density at radius 3 is 2.62 bits per heavy atom. The van der Waals surface area contributed by atoms with Gasteiger partial charge in [0.15, 0.2) is 11.6 Å². The summed E-state index contributed by atoms with van der Waals surface area (Å²) in [5, 5.41) is 10.3. The normalized spacial score (nSPS) is 18.4. The van der Waals surface area contributed by atoms with E-state index in [1.54, 1.807) is 17.6 Å². The number of carbonyl (C=O) groups excluding carboxylic acids is 2. The summed E-state index contributed by atoms with van der Waals surface area (Å²) < 4.78 is 20.8. The van der Waals surface area contributed by atoms with Gasteiger partial charge in [0, 0.05) is 21.5 Å². The summed E-state index contributed by atoms with van der Waals surface area (Å²) in [6.07, 6.45) is 0.269. The van der Waals surface area contributed by atoms with E-state index in [4.69, 9.17) is 32.3 Å². The fourth-order valence-corrected chi connectivity index (χ4v) is 4.98. The number of benzene rings is 3. The van der Waals surface area contributed by atoms with E-state index in [0.29, 0.717) is 16.3 Å². The Hall–Kier alpha value is -4.01. The first-order valence-electron chi connectivity index (χ1n) is 11.6. The molecule has 1 aliphatic carbocycles. The molecule has 3 aromatic carbocycles. The second kappa shape index (κ2) is 9.80. The lowest BCUT2D eigenvalue weighted by Crippen LogP contribution is -2.33. The molecule has 2 amide bonds. The fraction of sp³-hybridized carbons (Fsp3) is 0.179. The summed E-state index contributed by atoms with van der Waals surface area (Å²) in [5.41, 5.74) is 9.46. The van der Waals surface area contributed by atoms with Gasteiger partial charge in [0.25, 0.3) is 0 Å². The van der Waals surface area contributed by atoms with Crippen molar-refractivity contribution in [2.75, 3.05) is 0 Å². The molecular weight excluding hydrogens is 497 g/mol. The van der Waals surface area contributed by atoms with E-state index in [2.05, 4.69) is 0 Å². The summed E-state index contributed by atoms with van der Waals surface area (Å²) in [6, 6.07) is 21.3. The lowest BCUT2D eigenvalue weighted by atomic mass is 9.92. The minimum absolute atomic E-state index is 0.0394. The van der Waals surface area contributed by atoms with E-state index in [9.17, 15) is 14.0 Å². The third-order valence-electron chi connectivity index (χ3n) is 6.84. The Balaban J connectivity index is 1.38. The molecule has 0 saturated heterocycles. The van der Waals surface area contributed by atoms with Gasteiger partial charge in [-0.05, 0) is 48.7 Å². The van der Waals surface area contributed by atoms with Crippen LogP contribution in [-0.4, -0.2) is 22.0 Å². The average molecular weight is 520 g/mol. The standard InChI is InChI=1S/C28H23ClFN3O4/c29-21-7-3-1-6-19(21)24-12-17(18-5-2-4-8-23(18)32-24)15-37-25-10-9-16(11-22(25)30)13-28(27(31)35)14-20(28)26(34)33-36/h1-12,20,36H,13-15H2,(H2,31,35)(H,33,34). The molecule has 0 bridgehead atoms. The van der Waals surface area contributed by atoms with Crippen LogP contribution in [0.4, 0.5) is 4.39 Å². The van der Waals surface area contributed by atoms with Gasteiger partial charge in [-0.2, -0.15) is 0 Å². The van der Waals surface area contributed by atoms with E-state index in [-0.39, 0.29) is 25.2 Å². The molecule has 1 heterocycles. The molecule has 0 spiro atoms. The molecule has 5 rings (SSSR count). The van der Waals surface area contributed by atoms with Gasteiger partial charge in [0.05, 0.1) is 22.5 Å². The van der Waals surface area contributed by atoms with Crippen LogP contribution < -0.4 is 16.0 Å². The number of carbonyl (C=O) groups is 2. The predicted octanol–water partition coefficient (Wildman–Crippen LogP) is 4.81. The van der Waals surface area contributed by atoms with Crippen molar-refractivity contribution in [1.82, 2.24) is 10.5 Å². The van der Waals surface area contributed by atoms with E-state index >= 15 is 0 Å². The Kier molecular flexibility index (Phi) is 6.54. The number of hydrogen-bond acceptors (Lipinski definition) is 5. The molecule has 9 heteroatoms. The number of aromatic nitrogens is 1. The highest BCUT2D eigenvalue weighted by Crippen LogP contribution is 2.54. The fourth-order valence-electron chi connectivity index (χ4n) is 4.75. The van der Waals surface area contributed by atoms with Crippen LogP contribution in [0.3, 0.4) is 0 Å². The molecular formula is C28H23ClFN3O4. The second-order valence-corrected chi connectivity index (χ2v) is 9.55. The average Bonchev–Trinajstić information content (AvgIpc) is 3.63. The zero-order valence-electron chi connectivity index (χ0n) is 19.6. The quantitative estimate of drug-likeness (QED) is 0.228. The van der Waals surface area contributed by atoms with Crippen molar-refractivity contribution in [3.05, 3.63) is 94.8 Å². The van der Waals surface area contributed by atoms with Crippen molar-refractivity contribution in [3.63, 3.8) is 0 Å². The van der Waals surface area contributed by atoms with E-state index < -0.39 is 29.0 Å². The number of ether oxygens (including phenoxy) is 1. The van der Waals surface area contributed by atoms with Crippen LogP contribution >= 0.6 is 11.6 Å². The molecule has 1 aliphatic rings. The first-order valence-corrected chi connectivity index (χ1v) is 12.0. The summed E-state index contributed by atoms with van der Waals surface area (Å²) in [4.78, 5) is 28.5. The molecule has 4 N–H and O–H groups in total. The zero-order valence-corrected chi connectivity index (χ0v) is 20.3. The minimum Gasteiger partial charge on any atom is -0.486 e. The zero-order chi connectivity index (χ0) is 26.2. The maximum Gasteiger partial charge on any atom is 0.247 e. The van der Waals surface area contributed by atoms with Crippen LogP contribution in [0.5, 0.6) is 5.75 Å². The Labute approximate surface area is 217 Å². The number of primary amides is 1. The monoisotopic (exact) mass is 519 g/mol. The van der Waals surface area contributed by atoms with Gasteiger partial charge in [-0.3, -0.25) is 14.8 Å². The minimum atomic E-state index is -1.15. The van der Waals surface area contributed by atoms with Crippen molar-refractivity contribution in [1.29, 1.82) is 0 Å². The van der Waals surface area contributed by atoms with Crippen LogP contribution in [-0.2, 0) is 22.6 Å². The summed E-state index contributed by atoms with van der Waals surface area (Å²) in [7, 11) is 0. The van der Waals surface area contributed by atoms with Crippen LogP contribution in [0, 0.1) is 17.2 Å². The largest absolute Gasteiger partial charge is 0.486 e. The Bertz CT molecular complexity index is 1530. The topological polar surface area (TPSA) is 115 Å². The maximum absolute atomic E-state index is 15.0. The van der Waals surface area contributed by atoms with Gasteiger partial charge in [0.1, 0.15) is 6.61 Å². The molecule has 2 atom stereocenters. The number of halogens is 2. The highest BCUT2D eigenvalue weighted by Gasteiger charge is 2.62. The number of amides is 2. The number of hydroxylamine groups is 1. The van der Waals surface area contributed by atoms with Crippen LogP contribution in [0.1, 0.15) is 17.5 Å². The van der Waals surface area contributed by atoms with Crippen LogP contribution in [0.2, 0.25) is 5.02 Å². The molecule has 0 aliphatic heterocycles. The number of nitrogens with zero attached hydrogens (tertiary/aromatic N) is 1. The molecule has 1 fully saturated rings. The predicted molar refractivity (Wildman–Crippen MR) is 136 cm³/mol. The molecule has 1 saturated carbocycles. The van der Waals surface area contributed by atoms with Gasteiger partial charge >= 0.3 is 0 Å². The molecule has 0 radical (unpaired) electrons. The van der Waals surface area contributed by atoms with E-state index in [1.807, 2.05) is 48.5 Å². The number of hydrogen-bond donors (Lipinski definition) is 3. The SMILES string of the molecule is NC(=O)C1(Cc2ccc(OCc3cc(-c4ccccc4Cl)nc4ccccc34)c(F)c2)CC1C(=O)NO. The number of fused-ring (bicyclic) bond motifs is 1. The molecule has 4 aromatic rings. The third-order valence-corrected chi connectivity index (χ3v) is 7.17. The van der Waals surface area contributed by atoms with Gasteiger partial charge < -0.3 is 10.5 Å². The van der Waals surface area contributed by atoms with Crippen molar-refractivity contribution < 1.29 is 23.9 Å². The Morgan fingerprint density at radius 1 is 1.14 bits per heavy atom. The number of para-hydroxylation sites is 1. The highest BCUT2D eigenvalue weighted by molar-refractivity contribution is 6.33. The molecule has 188 valence electrons. The number of rotatable bonds is 8. The highest BCUT2D eigenvalue weighted by atomic mass is 35.5. The molecule has 2 unspecified atom stereocenters. The van der Waals surface area contributed by atoms with Crippen molar-refractivity contribution in [2.24, 2.45) is 17.1 Å². The molecule has 1 aromatic heterocycles. The van der Waals surface area contributed by atoms with Crippen LogP contribution in [0.25, 0.3) is 22.2 Å². The lowest BCUT2D eigenvalue weighted by Gasteiger charge is -2.15. The third kappa shape index (κ3) is 4.73. The van der Waals surface area contributed by atoms with Crippen molar-refractivity contribution >= 4 is 34.3 Å². The number of pyridine rings is 1. The first-order chi connectivity index (χ1) is 17.8. The maximum atomic E-state index is 15.0.